The molecule has 0 amide bonds. The molecule has 0 nitrogen and oxygen atoms in total. The molecule has 0 aromatic heterocycles. The summed E-state index contributed by atoms with van der Waals surface area (Å²) in [6, 6.07) is 0. The Kier molecular flexibility index (Phi) is 2.41. The van der Waals surface area contributed by atoms with Crippen LogP contribution in [-0.4, -0.2) is 0 Å². The summed E-state index contributed by atoms with van der Waals surface area (Å²) in [6.07, 6.45) is 3.57. The van der Waals surface area contributed by atoms with E-state index in [9.17, 15) is 4.39 Å². The van der Waals surface area contributed by atoms with Crippen LogP contribution in [0, 0.1) is 5.41 Å². The number of rotatable bonds is 0. The Morgan fingerprint density at radius 2 is 1.92 bits per heavy atom. The van der Waals surface area contributed by atoms with E-state index in [2.05, 4.69) is 20.8 Å². The lowest BCUT2D eigenvalue weighted by atomic mass is 9.79. The van der Waals surface area contributed by atoms with Crippen LogP contribution in [0.25, 0.3) is 0 Å². The first-order valence-electron chi connectivity index (χ1n) is 4.49. The predicted molar refractivity (Wildman–Crippen MR) is 50.6 cm³/mol. The van der Waals surface area contributed by atoms with Crippen molar-refractivity contribution in [3.05, 3.63) is 23.0 Å². The minimum absolute atomic E-state index is 0.00810. The number of hydrogen-bond acceptors (Lipinski definition) is 0. The van der Waals surface area contributed by atoms with Gasteiger partial charge in [-0.05, 0) is 36.8 Å². The van der Waals surface area contributed by atoms with Crippen molar-refractivity contribution in [2.75, 3.05) is 0 Å². The third kappa shape index (κ3) is 1.77. The zero-order valence-electron chi connectivity index (χ0n) is 8.37. The fraction of sp³-hybridized carbons (Fsp3) is 0.636. The zero-order valence-corrected chi connectivity index (χ0v) is 8.37. The van der Waals surface area contributed by atoms with E-state index in [1.165, 1.54) is 5.57 Å². The molecule has 0 aromatic carbocycles. The van der Waals surface area contributed by atoms with Crippen molar-refractivity contribution < 1.29 is 4.39 Å². The van der Waals surface area contributed by atoms with Crippen molar-refractivity contribution >= 4 is 0 Å². The first-order chi connectivity index (χ1) is 5.43. The molecule has 1 aliphatic rings. The van der Waals surface area contributed by atoms with E-state index < -0.39 is 0 Å². The van der Waals surface area contributed by atoms with Crippen molar-refractivity contribution in [2.45, 2.75) is 40.5 Å². The molecule has 0 atom stereocenters. The quantitative estimate of drug-likeness (QED) is 0.513. The lowest BCUT2D eigenvalue weighted by Crippen LogP contribution is -2.14. The Bertz CT molecular complexity index is 238. The fourth-order valence-electron chi connectivity index (χ4n) is 1.84. The predicted octanol–water partition coefficient (Wildman–Crippen LogP) is 4.00. The third-order valence-corrected chi connectivity index (χ3v) is 2.26. The molecule has 0 heterocycles. The van der Waals surface area contributed by atoms with Gasteiger partial charge in [-0.3, -0.25) is 0 Å². The summed E-state index contributed by atoms with van der Waals surface area (Å²) < 4.78 is 13.4. The summed E-state index contributed by atoms with van der Waals surface area (Å²) in [7, 11) is 0. The van der Waals surface area contributed by atoms with E-state index in [0.29, 0.717) is 0 Å². The van der Waals surface area contributed by atoms with Crippen molar-refractivity contribution in [3.63, 3.8) is 0 Å². The molecule has 0 unspecified atom stereocenters. The van der Waals surface area contributed by atoms with E-state index in [4.69, 9.17) is 0 Å². The highest BCUT2D eigenvalue weighted by Crippen LogP contribution is 2.38. The summed E-state index contributed by atoms with van der Waals surface area (Å²) in [6.45, 7) is 8.22. The maximum Gasteiger partial charge on any atom is 0.122 e. The second-order valence-corrected chi connectivity index (χ2v) is 4.50. The highest BCUT2D eigenvalue weighted by atomic mass is 19.1. The molecule has 68 valence electrons. The Morgan fingerprint density at radius 1 is 1.33 bits per heavy atom. The number of halogens is 1. The minimum atomic E-state index is -0.0505. The van der Waals surface area contributed by atoms with Crippen molar-refractivity contribution in [2.24, 2.45) is 5.41 Å². The van der Waals surface area contributed by atoms with E-state index >= 15 is 0 Å². The molecule has 1 heteroatoms. The van der Waals surface area contributed by atoms with Gasteiger partial charge in [0.05, 0.1) is 0 Å². The van der Waals surface area contributed by atoms with Crippen LogP contribution in [0.4, 0.5) is 4.39 Å². The smallest absolute Gasteiger partial charge is 0.122 e. The van der Waals surface area contributed by atoms with Gasteiger partial charge in [0.1, 0.15) is 5.83 Å². The molecule has 0 aliphatic heterocycles. The zero-order chi connectivity index (χ0) is 9.35. The van der Waals surface area contributed by atoms with Crippen LogP contribution < -0.4 is 0 Å². The van der Waals surface area contributed by atoms with Crippen LogP contribution in [0.3, 0.4) is 0 Å². The number of hydrogen-bond donors (Lipinski definition) is 0. The van der Waals surface area contributed by atoms with Gasteiger partial charge in [-0.2, -0.15) is 0 Å². The average Bonchev–Trinajstić information content (AvgIpc) is 1.82. The second kappa shape index (κ2) is 3.04. The monoisotopic (exact) mass is 168 g/mol. The molecule has 0 radical (unpaired) electrons. The third-order valence-electron chi connectivity index (χ3n) is 2.26. The van der Waals surface area contributed by atoms with Gasteiger partial charge in [-0.15, -0.1) is 0 Å². The summed E-state index contributed by atoms with van der Waals surface area (Å²) in [5.41, 5.74) is 2.07. The van der Waals surface area contributed by atoms with Crippen molar-refractivity contribution in [3.8, 4) is 0 Å². The molecule has 1 rings (SSSR count). The fourth-order valence-corrected chi connectivity index (χ4v) is 1.84. The van der Waals surface area contributed by atoms with Crippen LogP contribution in [0.2, 0.25) is 0 Å². The van der Waals surface area contributed by atoms with E-state index in [0.717, 1.165) is 18.4 Å². The first kappa shape index (κ1) is 9.50. The van der Waals surface area contributed by atoms with Crippen molar-refractivity contribution in [1.82, 2.24) is 0 Å². The molecular weight excluding hydrogens is 151 g/mol. The molecule has 0 fully saturated rings. The lowest BCUT2D eigenvalue weighted by molar-refractivity contribution is 0.460. The molecule has 0 bridgehead atoms. The summed E-state index contributed by atoms with van der Waals surface area (Å²) in [5.74, 6) is -0.00810. The molecule has 12 heavy (non-hydrogen) atoms. The van der Waals surface area contributed by atoms with Gasteiger partial charge >= 0.3 is 0 Å². The molecule has 0 N–H and O–H groups in total. The van der Waals surface area contributed by atoms with Crippen molar-refractivity contribution in [1.29, 1.82) is 0 Å². The Morgan fingerprint density at radius 3 is 2.25 bits per heavy atom. The molecule has 0 saturated heterocycles. The van der Waals surface area contributed by atoms with E-state index in [-0.39, 0.29) is 11.2 Å². The van der Waals surface area contributed by atoms with Crippen LogP contribution in [0.15, 0.2) is 23.0 Å². The van der Waals surface area contributed by atoms with Crippen LogP contribution >= 0.6 is 0 Å². The Hall–Kier alpha value is -0.590. The first-order valence-corrected chi connectivity index (χ1v) is 4.49. The molecule has 0 aromatic rings. The Balaban J connectivity index is 3.07. The van der Waals surface area contributed by atoms with Gasteiger partial charge in [0.15, 0.2) is 0 Å². The maximum absolute atomic E-state index is 13.4. The summed E-state index contributed by atoms with van der Waals surface area (Å²) >= 11 is 0. The average molecular weight is 168 g/mol. The highest BCUT2D eigenvalue weighted by molar-refractivity contribution is 5.37. The van der Waals surface area contributed by atoms with Gasteiger partial charge in [0, 0.05) is 0 Å². The lowest BCUT2D eigenvalue weighted by Gasteiger charge is -2.26. The number of allylic oxidation sites excluding steroid dienone is 4. The standard InChI is InChI=1S/C11H17F/c1-8-6-5-7-9(12)10(8)11(2,3)4/h7H,5-6H2,1-4H3. The minimum Gasteiger partial charge on any atom is -0.207 e. The van der Waals surface area contributed by atoms with Gasteiger partial charge in [-0.1, -0.05) is 26.3 Å². The second-order valence-electron chi connectivity index (χ2n) is 4.50. The van der Waals surface area contributed by atoms with Gasteiger partial charge in [0.25, 0.3) is 0 Å². The van der Waals surface area contributed by atoms with Crippen LogP contribution in [0.1, 0.15) is 40.5 Å². The summed E-state index contributed by atoms with van der Waals surface area (Å²) in [5, 5.41) is 0. The molecule has 0 spiro atoms. The molecule has 0 saturated carbocycles. The van der Waals surface area contributed by atoms with Crippen LogP contribution in [-0.2, 0) is 0 Å². The van der Waals surface area contributed by atoms with Gasteiger partial charge in [0.2, 0.25) is 0 Å². The maximum atomic E-state index is 13.4. The van der Waals surface area contributed by atoms with E-state index in [1.54, 1.807) is 6.08 Å². The molecule has 1 aliphatic carbocycles. The highest BCUT2D eigenvalue weighted by Gasteiger charge is 2.24. The SMILES string of the molecule is CC1=C(C(C)(C)C)C(F)=CCC1. The largest absolute Gasteiger partial charge is 0.207 e. The van der Waals surface area contributed by atoms with E-state index in [1.807, 2.05) is 6.92 Å². The van der Waals surface area contributed by atoms with Gasteiger partial charge in [-0.25, -0.2) is 4.39 Å². The van der Waals surface area contributed by atoms with Gasteiger partial charge < -0.3 is 0 Å². The Labute approximate surface area is 74.2 Å². The molecular formula is C11H17F. The topological polar surface area (TPSA) is 0 Å². The van der Waals surface area contributed by atoms with Crippen LogP contribution in [0.5, 0.6) is 0 Å². The summed E-state index contributed by atoms with van der Waals surface area (Å²) in [4.78, 5) is 0. The normalized spacial score (nSPS) is 19.6.